The molecule has 6 nitrogen and oxygen atoms in total. The van der Waals surface area contributed by atoms with Gasteiger partial charge in [-0.15, -0.1) is 0 Å². The molecule has 0 aliphatic heterocycles. The van der Waals surface area contributed by atoms with Crippen LogP contribution in [0.1, 0.15) is 12.8 Å². The third-order valence-electron chi connectivity index (χ3n) is 3.30. The van der Waals surface area contributed by atoms with Crippen LogP contribution in [0.3, 0.4) is 0 Å². The summed E-state index contributed by atoms with van der Waals surface area (Å²) in [4.78, 5) is 23.1. The third kappa shape index (κ3) is 5.40. The molecule has 0 fully saturated rings. The van der Waals surface area contributed by atoms with Crippen LogP contribution in [0.15, 0.2) is 54.6 Å². The number of ether oxygens (including phenoxy) is 2. The van der Waals surface area contributed by atoms with E-state index in [2.05, 4.69) is 10.1 Å². The molecule has 6 heteroatoms. The van der Waals surface area contributed by atoms with Crippen molar-refractivity contribution in [2.75, 3.05) is 12.4 Å². The molecule has 0 saturated carbocycles. The molecular formula is C18H20N2O4. The highest BCUT2D eigenvalue weighted by molar-refractivity contribution is 5.95. The van der Waals surface area contributed by atoms with Crippen molar-refractivity contribution in [3.63, 3.8) is 0 Å². The van der Waals surface area contributed by atoms with Gasteiger partial charge in [-0.05, 0) is 30.7 Å². The average Bonchev–Trinajstić information content (AvgIpc) is 2.60. The van der Waals surface area contributed by atoms with E-state index in [1.807, 2.05) is 30.3 Å². The van der Waals surface area contributed by atoms with Crippen LogP contribution in [0, 0.1) is 0 Å². The van der Waals surface area contributed by atoms with Crippen LogP contribution in [0.4, 0.5) is 5.69 Å². The van der Waals surface area contributed by atoms with E-state index < -0.39 is 12.0 Å². The second kappa shape index (κ2) is 8.69. The first-order chi connectivity index (χ1) is 11.6. The Labute approximate surface area is 140 Å². The number of methoxy groups -OCH3 is 1. The predicted molar refractivity (Wildman–Crippen MR) is 90.8 cm³/mol. The van der Waals surface area contributed by atoms with Crippen molar-refractivity contribution in [3.8, 4) is 11.5 Å². The minimum absolute atomic E-state index is 0.0994. The molecular weight excluding hydrogens is 308 g/mol. The molecule has 24 heavy (non-hydrogen) atoms. The second-order valence-corrected chi connectivity index (χ2v) is 5.15. The maximum atomic E-state index is 12.1. The van der Waals surface area contributed by atoms with Crippen LogP contribution in [-0.2, 0) is 14.3 Å². The number of amides is 1. The van der Waals surface area contributed by atoms with E-state index in [1.165, 1.54) is 7.11 Å². The summed E-state index contributed by atoms with van der Waals surface area (Å²) in [5.74, 6) is 0.546. The molecule has 0 bridgehead atoms. The van der Waals surface area contributed by atoms with Crippen molar-refractivity contribution in [1.29, 1.82) is 0 Å². The van der Waals surface area contributed by atoms with Gasteiger partial charge in [-0.1, -0.05) is 24.3 Å². The minimum atomic E-state index is -0.789. The quantitative estimate of drug-likeness (QED) is 0.763. The monoisotopic (exact) mass is 328 g/mol. The minimum Gasteiger partial charge on any atom is -0.469 e. The van der Waals surface area contributed by atoms with Crippen LogP contribution < -0.4 is 15.8 Å². The maximum Gasteiger partial charge on any atom is 0.305 e. The molecule has 2 rings (SSSR count). The number of para-hydroxylation sites is 1. The first-order valence-electron chi connectivity index (χ1n) is 7.54. The smallest absolute Gasteiger partial charge is 0.305 e. The van der Waals surface area contributed by atoms with Gasteiger partial charge < -0.3 is 20.5 Å². The number of benzene rings is 2. The Morgan fingerprint density at radius 1 is 1.08 bits per heavy atom. The van der Waals surface area contributed by atoms with Gasteiger partial charge in [0, 0.05) is 18.2 Å². The van der Waals surface area contributed by atoms with E-state index in [1.54, 1.807) is 24.3 Å². The summed E-state index contributed by atoms with van der Waals surface area (Å²) in [6.07, 6.45) is 0.320. The summed E-state index contributed by atoms with van der Waals surface area (Å²) in [7, 11) is 1.30. The average molecular weight is 328 g/mol. The Hall–Kier alpha value is -2.86. The number of carbonyl (C=O) groups excluding carboxylic acids is 2. The summed E-state index contributed by atoms with van der Waals surface area (Å²) in [6, 6.07) is 15.6. The Morgan fingerprint density at radius 3 is 2.50 bits per heavy atom. The van der Waals surface area contributed by atoms with Crippen molar-refractivity contribution >= 4 is 17.6 Å². The number of anilines is 1. The summed E-state index contributed by atoms with van der Waals surface area (Å²) in [5, 5.41) is 2.71. The van der Waals surface area contributed by atoms with Crippen LogP contribution >= 0.6 is 0 Å². The van der Waals surface area contributed by atoms with E-state index in [0.717, 1.165) is 0 Å². The summed E-state index contributed by atoms with van der Waals surface area (Å²) in [6.45, 7) is 0. The second-order valence-electron chi connectivity index (χ2n) is 5.15. The molecule has 2 aromatic rings. The number of hydrogen-bond acceptors (Lipinski definition) is 5. The van der Waals surface area contributed by atoms with Gasteiger partial charge in [0.15, 0.2) is 0 Å². The molecule has 0 aliphatic rings. The van der Waals surface area contributed by atoms with Crippen molar-refractivity contribution < 1.29 is 19.1 Å². The fourth-order valence-electron chi connectivity index (χ4n) is 2.00. The van der Waals surface area contributed by atoms with Gasteiger partial charge in [0.1, 0.15) is 11.5 Å². The lowest BCUT2D eigenvalue weighted by atomic mass is 10.1. The van der Waals surface area contributed by atoms with Crippen LogP contribution in [0.25, 0.3) is 0 Å². The highest BCUT2D eigenvalue weighted by Gasteiger charge is 2.15. The largest absolute Gasteiger partial charge is 0.469 e. The SMILES string of the molecule is COC(=O)CCC(N)C(=O)Nc1cccc(Oc2ccccc2)c1. The normalized spacial score (nSPS) is 11.4. The molecule has 0 heterocycles. The van der Waals surface area contributed by atoms with Gasteiger partial charge in [0.25, 0.3) is 0 Å². The highest BCUT2D eigenvalue weighted by atomic mass is 16.5. The molecule has 0 radical (unpaired) electrons. The first kappa shape index (κ1) is 17.5. The van der Waals surface area contributed by atoms with E-state index >= 15 is 0 Å². The van der Waals surface area contributed by atoms with Gasteiger partial charge >= 0.3 is 5.97 Å². The lowest BCUT2D eigenvalue weighted by Gasteiger charge is -2.12. The summed E-state index contributed by atoms with van der Waals surface area (Å²) >= 11 is 0. The van der Waals surface area contributed by atoms with Gasteiger partial charge in [-0.25, -0.2) is 0 Å². The number of hydrogen-bond donors (Lipinski definition) is 2. The Kier molecular flexibility index (Phi) is 6.33. The summed E-state index contributed by atoms with van der Waals surface area (Å²) < 4.78 is 10.2. The van der Waals surface area contributed by atoms with Crippen molar-refractivity contribution in [1.82, 2.24) is 0 Å². The van der Waals surface area contributed by atoms with Gasteiger partial charge in [-0.2, -0.15) is 0 Å². The van der Waals surface area contributed by atoms with Gasteiger partial charge in [0.2, 0.25) is 5.91 Å². The lowest BCUT2D eigenvalue weighted by Crippen LogP contribution is -2.36. The van der Waals surface area contributed by atoms with Crippen LogP contribution in [0.5, 0.6) is 11.5 Å². The molecule has 0 aliphatic carbocycles. The van der Waals surface area contributed by atoms with Gasteiger partial charge in [-0.3, -0.25) is 9.59 Å². The molecule has 1 unspecified atom stereocenters. The zero-order chi connectivity index (χ0) is 17.4. The topological polar surface area (TPSA) is 90.7 Å². The van der Waals surface area contributed by atoms with E-state index in [-0.39, 0.29) is 18.7 Å². The molecule has 2 aromatic carbocycles. The standard InChI is InChI=1S/C18H20N2O4/c1-23-17(21)11-10-16(19)18(22)20-13-6-5-9-15(12-13)24-14-7-3-2-4-8-14/h2-9,12,16H,10-11,19H2,1H3,(H,20,22). The number of nitrogens with one attached hydrogen (secondary N) is 1. The predicted octanol–water partition coefficient (Wildman–Crippen LogP) is 2.70. The molecule has 1 atom stereocenters. The van der Waals surface area contributed by atoms with Crippen molar-refractivity contribution in [2.45, 2.75) is 18.9 Å². The molecule has 0 aromatic heterocycles. The fraction of sp³-hybridized carbons (Fsp3) is 0.222. The molecule has 3 N–H and O–H groups in total. The molecule has 1 amide bonds. The van der Waals surface area contributed by atoms with Crippen molar-refractivity contribution in [3.05, 3.63) is 54.6 Å². The van der Waals surface area contributed by atoms with Crippen LogP contribution in [0.2, 0.25) is 0 Å². The molecule has 126 valence electrons. The number of rotatable bonds is 7. The Morgan fingerprint density at radius 2 is 1.79 bits per heavy atom. The van der Waals surface area contributed by atoms with E-state index in [4.69, 9.17) is 10.5 Å². The first-order valence-corrected chi connectivity index (χ1v) is 7.54. The third-order valence-corrected chi connectivity index (χ3v) is 3.30. The van der Waals surface area contributed by atoms with Gasteiger partial charge in [0.05, 0.1) is 13.2 Å². The van der Waals surface area contributed by atoms with E-state index in [0.29, 0.717) is 17.2 Å². The maximum absolute atomic E-state index is 12.1. The molecule has 0 saturated heterocycles. The Balaban J connectivity index is 1.93. The summed E-state index contributed by atoms with van der Waals surface area (Å²) in [5.41, 5.74) is 6.35. The highest BCUT2D eigenvalue weighted by Crippen LogP contribution is 2.23. The molecule has 0 spiro atoms. The Bertz CT molecular complexity index is 688. The van der Waals surface area contributed by atoms with Crippen LogP contribution in [-0.4, -0.2) is 25.0 Å². The van der Waals surface area contributed by atoms with Crippen molar-refractivity contribution in [2.24, 2.45) is 5.73 Å². The number of carbonyl (C=O) groups is 2. The zero-order valence-electron chi connectivity index (χ0n) is 13.4. The fourth-order valence-corrected chi connectivity index (χ4v) is 2.00. The number of esters is 1. The number of nitrogens with two attached hydrogens (primary N) is 1. The van der Waals surface area contributed by atoms with E-state index in [9.17, 15) is 9.59 Å². The zero-order valence-corrected chi connectivity index (χ0v) is 13.4. The lowest BCUT2D eigenvalue weighted by molar-refractivity contribution is -0.140.